The first-order valence-electron chi connectivity index (χ1n) is 9.57. The fourth-order valence-electron chi connectivity index (χ4n) is 3.37. The minimum atomic E-state index is -3.46. The maximum atomic E-state index is 13.8. The number of hydrazone groups is 1. The number of halogens is 1. The highest BCUT2D eigenvalue weighted by Gasteiger charge is 2.33. The fourth-order valence-corrected chi connectivity index (χ4v) is 3.93. The van der Waals surface area contributed by atoms with E-state index in [1.165, 1.54) is 17.1 Å². The third-order valence-corrected chi connectivity index (χ3v) is 5.29. The van der Waals surface area contributed by atoms with Gasteiger partial charge in [0.05, 0.1) is 18.0 Å². The molecule has 3 rings (SSSR count). The van der Waals surface area contributed by atoms with Crippen molar-refractivity contribution in [2.24, 2.45) is 5.10 Å². The summed E-state index contributed by atoms with van der Waals surface area (Å²) < 4.78 is 39.2. The summed E-state index contributed by atoms with van der Waals surface area (Å²) in [5.41, 5.74) is 2.08. The Morgan fingerprint density at radius 1 is 1.19 bits per heavy atom. The van der Waals surface area contributed by atoms with Gasteiger partial charge in [0.1, 0.15) is 5.82 Å². The number of nitrogens with one attached hydrogen (secondary N) is 1. The summed E-state index contributed by atoms with van der Waals surface area (Å²) >= 11 is 0. The van der Waals surface area contributed by atoms with Crippen molar-refractivity contribution in [3.8, 4) is 0 Å². The van der Waals surface area contributed by atoms with Crippen LogP contribution in [0.1, 0.15) is 42.9 Å². The average molecular weight is 447 g/mol. The van der Waals surface area contributed by atoms with Crippen molar-refractivity contribution in [2.45, 2.75) is 31.7 Å². The molecule has 0 fully saturated rings. The Kier molecular flexibility index (Phi) is 6.69. The lowest BCUT2D eigenvalue weighted by Crippen LogP contribution is -2.27. The Bertz CT molecular complexity index is 1130. The minimum Gasteiger partial charge on any atom is -0.481 e. The molecule has 31 heavy (non-hydrogen) atoms. The SMILES string of the molecule is CS(=O)(=O)Nc1cccc(C2=NN(C(=O)CCCC(=O)O)[C@H](c3cccc(F)c3)C2)c1. The maximum Gasteiger partial charge on any atom is 0.303 e. The molecule has 1 heterocycles. The van der Waals surface area contributed by atoms with Crippen LogP contribution in [0.4, 0.5) is 10.1 Å². The maximum absolute atomic E-state index is 13.8. The van der Waals surface area contributed by atoms with Gasteiger partial charge in [-0.05, 0) is 41.8 Å². The van der Waals surface area contributed by atoms with Gasteiger partial charge in [-0.15, -0.1) is 0 Å². The van der Waals surface area contributed by atoms with Gasteiger partial charge < -0.3 is 5.11 Å². The molecule has 0 unspecified atom stereocenters. The van der Waals surface area contributed by atoms with E-state index in [2.05, 4.69) is 9.82 Å². The molecule has 10 heteroatoms. The van der Waals surface area contributed by atoms with E-state index in [1.807, 2.05) is 0 Å². The van der Waals surface area contributed by atoms with Gasteiger partial charge in [-0.3, -0.25) is 14.3 Å². The van der Waals surface area contributed by atoms with Crippen molar-refractivity contribution in [1.82, 2.24) is 5.01 Å². The lowest BCUT2D eigenvalue weighted by atomic mass is 9.98. The molecule has 1 aliphatic heterocycles. The van der Waals surface area contributed by atoms with Gasteiger partial charge in [0.15, 0.2) is 0 Å². The first-order chi connectivity index (χ1) is 14.6. The molecule has 2 N–H and O–H groups in total. The molecule has 2 aromatic carbocycles. The standard InChI is InChI=1S/C21H22FN3O5S/c1-31(29,30)24-17-8-3-5-14(12-17)18-13-19(15-6-2-7-16(22)11-15)25(23-18)20(26)9-4-10-21(27)28/h2-3,5-8,11-12,19,24H,4,9-10,13H2,1H3,(H,27,28)/t19-/m0/s1. The van der Waals surface area contributed by atoms with Crippen molar-refractivity contribution in [2.75, 3.05) is 11.0 Å². The zero-order valence-corrected chi connectivity index (χ0v) is 17.6. The fraction of sp³-hybridized carbons (Fsp3) is 0.286. The van der Waals surface area contributed by atoms with Crippen LogP contribution in [0.3, 0.4) is 0 Å². The van der Waals surface area contributed by atoms with Gasteiger partial charge >= 0.3 is 5.97 Å². The Morgan fingerprint density at radius 3 is 2.61 bits per heavy atom. The second-order valence-electron chi connectivity index (χ2n) is 7.26. The summed E-state index contributed by atoms with van der Waals surface area (Å²) in [7, 11) is -3.46. The Hall–Kier alpha value is -3.27. The average Bonchev–Trinajstić information content (AvgIpc) is 3.12. The first-order valence-corrected chi connectivity index (χ1v) is 11.5. The molecule has 2 aromatic rings. The molecule has 0 bridgehead atoms. The van der Waals surface area contributed by atoms with E-state index >= 15 is 0 Å². The van der Waals surface area contributed by atoms with Crippen LogP contribution in [0.15, 0.2) is 53.6 Å². The highest BCUT2D eigenvalue weighted by atomic mass is 32.2. The van der Waals surface area contributed by atoms with Crippen molar-refractivity contribution >= 4 is 33.3 Å². The Labute approximate surface area is 179 Å². The smallest absolute Gasteiger partial charge is 0.303 e. The van der Waals surface area contributed by atoms with Crippen molar-refractivity contribution in [3.05, 3.63) is 65.5 Å². The molecule has 0 radical (unpaired) electrons. The van der Waals surface area contributed by atoms with Crippen LogP contribution in [0.25, 0.3) is 0 Å². The van der Waals surface area contributed by atoms with Crippen LogP contribution in [-0.4, -0.2) is 42.4 Å². The number of carboxylic acids is 1. The molecule has 1 amide bonds. The molecule has 0 aromatic heterocycles. The lowest BCUT2D eigenvalue weighted by molar-refractivity contribution is -0.137. The summed E-state index contributed by atoms with van der Waals surface area (Å²) in [6.45, 7) is 0. The molecule has 1 aliphatic rings. The number of hydrogen-bond donors (Lipinski definition) is 2. The zero-order chi connectivity index (χ0) is 22.6. The molecule has 164 valence electrons. The second kappa shape index (κ2) is 9.25. The number of carbonyl (C=O) groups is 2. The molecule has 8 nitrogen and oxygen atoms in total. The van der Waals surface area contributed by atoms with Crippen LogP contribution in [-0.2, 0) is 19.6 Å². The number of carboxylic acid groups (broad SMARTS) is 1. The zero-order valence-electron chi connectivity index (χ0n) is 16.8. The van der Waals surface area contributed by atoms with Crippen LogP contribution in [0.2, 0.25) is 0 Å². The molecular formula is C21H22FN3O5S. The van der Waals surface area contributed by atoms with E-state index in [9.17, 15) is 22.4 Å². The van der Waals surface area contributed by atoms with Crippen molar-refractivity contribution in [3.63, 3.8) is 0 Å². The molecule has 0 saturated carbocycles. The van der Waals surface area contributed by atoms with Crippen molar-refractivity contribution < 1.29 is 27.5 Å². The van der Waals surface area contributed by atoms with Crippen LogP contribution in [0, 0.1) is 5.82 Å². The predicted molar refractivity (Wildman–Crippen MR) is 114 cm³/mol. The predicted octanol–water partition coefficient (Wildman–Crippen LogP) is 3.13. The number of benzene rings is 2. The number of aliphatic carboxylic acids is 1. The lowest BCUT2D eigenvalue weighted by Gasteiger charge is -2.22. The summed E-state index contributed by atoms with van der Waals surface area (Å²) in [4.78, 5) is 23.5. The highest BCUT2D eigenvalue weighted by Crippen LogP contribution is 2.34. The third-order valence-electron chi connectivity index (χ3n) is 4.68. The Balaban J connectivity index is 1.90. The van der Waals surface area contributed by atoms with Gasteiger partial charge in [0.25, 0.3) is 0 Å². The number of carbonyl (C=O) groups excluding carboxylic acids is 1. The van der Waals surface area contributed by atoms with E-state index in [1.54, 1.807) is 36.4 Å². The van der Waals surface area contributed by atoms with E-state index in [0.29, 0.717) is 28.9 Å². The number of nitrogens with zero attached hydrogens (tertiary/aromatic N) is 2. The van der Waals surface area contributed by atoms with E-state index in [-0.39, 0.29) is 25.2 Å². The van der Waals surface area contributed by atoms with Gasteiger partial charge in [0.2, 0.25) is 15.9 Å². The highest BCUT2D eigenvalue weighted by molar-refractivity contribution is 7.92. The Morgan fingerprint density at radius 2 is 1.94 bits per heavy atom. The summed E-state index contributed by atoms with van der Waals surface area (Å²) in [5.74, 6) is -1.80. The second-order valence-corrected chi connectivity index (χ2v) is 9.01. The number of anilines is 1. The molecular weight excluding hydrogens is 425 g/mol. The van der Waals surface area contributed by atoms with Crippen molar-refractivity contribution in [1.29, 1.82) is 0 Å². The van der Waals surface area contributed by atoms with Crippen LogP contribution < -0.4 is 4.72 Å². The van der Waals surface area contributed by atoms with Gasteiger partial charge in [-0.25, -0.2) is 17.8 Å². The molecule has 0 saturated heterocycles. The summed E-state index contributed by atoms with van der Waals surface area (Å²) in [6.07, 6.45) is 1.37. The summed E-state index contributed by atoms with van der Waals surface area (Å²) in [5, 5.41) is 14.5. The monoisotopic (exact) mass is 447 g/mol. The normalized spacial score (nSPS) is 16.1. The topological polar surface area (TPSA) is 116 Å². The number of amides is 1. The van der Waals surface area contributed by atoms with Gasteiger partial charge in [0, 0.05) is 24.9 Å². The van der Waals surface area contributed by atoms with Gasteiger partial charge in [-0.2, -0.15) is 5.10 Å². The third kappa shape index (κ3) is 6.11. The number of hydrogen-bond acceptors (Lipinski definition) is 5. The van der Waals surface area contributed by atoms with E-state index in [4.69, 9.17) is 5.11 Å². The molecule has 1 atom stereocenters. The van der Waals surface area contributed by atoms with E-state index in [0.717, 1.165) is 6.26 Å². The summed E-state index contributed by atoms with van der Waals surface area (Å²) in [6, 6.07) is 12.0. The van der Waals surface area contributed by atoms with Crippen LogP contribution in [0.5, 0.6) is 0 Å². The number of sulfonamides is 1. The van der Waals surface area contributed by atoms with E-state index < -0.39 is 27.9 Å². The minimum absolute atomic E-state index is 0.00936. The quantitative estimate of drug-likeness (QED) is 0.645. The largest absolute Gasteiger partial charge is 0.481 e. The molecule has 0 aliphatic carbocycles. The first kappa shape index (κ1) is 22.4. The van der Waals surface area contributed by atoms with Gasteiger partial charge in [-0.1, -0.05) is 24.3 Å². The number of rotatable bonds is 8. The van der Waals surface area contributed by atoms with Crippen LogP contribution >= 0.6 is 0 Å². The molecule has 0 spiro atoms.